The number of aromatic hydroxyl groups is 1. The molecule has 0 aromatic heterocycles. The highest BCUT2D eigenvalue weighted by atomic mass is 16.4. The van der Waals surface area contributed by atoms with Crippen LogP contribution in [0.1, 0.15) is 37.8 Å². The second kappa shape index (κ2) is 5.00. The van der Waals surface area contributed by atoms with E-state index in [0.29, 0.717) is 5.69 Å². The van der Waals surface area contributed by atoms with E-state index in [4.69, 9.17) is 5.11 Å². The number of aryl methyl sites for hydroxylation is 2. The van der Waals surface area contributed by atoms with Crippen molar-refractivity contribution in [2.24, 2.45) is 17.3 Å². The quantitative estimate of drug-likeness (QED) is 0.749. The second-order valence-corrected chi connectivity index (χ2v) is 6.95. The van der Waals surface area contributed by atoms with Crippen molar-refractivity contribution in [1.82, 2.24) is 0 Å². The van der Waals surface area contributed by atoms with Gasteiger partial charge in [-0.1, -0.05) is 13.8 Å². The van der Waals surface area contributed by atoms with Crippen LogP contribution in [0.25, 0.3) is 0 Å². The second-order valence-electron chi connectivity index (χ2n) is 6.95. The summed E-state index contributed by atoms with van der Waals surface area (Å²) >= 11 is 0. The third-order valence-electron chi connectivity index (χ3n) is 5.09. The summed E-state index contributed by atoms with van der Waals surface area (Å²) in [6, 6.07) is 3.55. The van der Waals surface area contributed by atoms with Gasteiger partial charge < -0.3 is 15.5 Å². The Kier molecular flexibility index (Phi) is 3.38. The highest BCUT2D eigenvalue weighted by molar-refractivity contribution is 6.00. The lowest BCUT2D eigenvalue weighted by Gasteiger charge is -2.18. The summed E-state index contributed by atoms with van der Waals surface area (Å²) in [5.74, 6) is -2.43. The molecule has 1 fully saturated rings. The zero-order valence-electron chi connectivity index (χ0n) is 12.8. The van der Waals surface area contributed by atoms with Crippen molar-refractivity contribution in [2.75, 3.05) is 5.32 Å². The third-order valence-corrected chi connectivity index (χ3v) is 5.09. The number of carboxylic acid groups (broad SMARTS) is 1. The van der Waals surface area contributed by atoms with Gasteiger partial charge in [-0.2, -0.15) is 0 Å². The summed E-state index contributed by atoms with van der Waals surface area (Å²) in [5, 5.41) is 22.0. The number of anilines is 1. The number of amides is 1. The lowest BCUT2D eigenvalue weighted by molar-refractivity contribution is -0.140. The van der Waals surface area contributed by atoms with Crippen LogP contribution in [0.15, 0.2) is 12.1 Å². The van der Waals surface area contributed by atoms with Crippen molar-refractivity contribution < 1.29 is 19.8 Å². The minimum absolute atomic E-state index is 0.0549. The lowest BCUT2D eigenvalue weighted by atomic mass is 9.91. The van der Waals surface area contributed by atoms with Crippen molar-refractivity contribution in [3.8, 4) is 5.75 Å². The van der Waals surface area contributed by atoms with Crippen LogP contribution >= 0.6 is 0 Å². The first-order valence-corrected chi connectivity index (χ1v) is 7.71. The van der Waals surface area contributed by atoms with Crippen LogP contribution in [0.3, 0.4) is 0 Å². The molecule has 1 saturated carbocycles. The fourth-order valence-corrected chi connectivity index (χ4v) is 3.67. The molecule has 2 aliphatic carbocycles. The topological polar surface area (TPSA) is 86.6 Å². The normalized spacial score (nSPS) is 25.2. The molecule has 0 bridgehead atoms. The number of phenolic OH excluding ortho intramolecular Hbond substituents is 1. The maximum atomic E-state index is 12.3. The van der Waals surface area contributed by atoms with Crippen molar-refractivity contribution >= 4 is 17.6 Å². The molecule has 22 heavy (non-hydrogen) atoms. The largest absolute Gasteiger partial charge is 0.506 e. The van der Waals surface area contributed by atoms with Gasteiger partial charge in [0.25, 0.3) is 0 Å². The number of benzene rings is 1. The predicted octanol–water partition coefficient (Wildman–Crippen LogP) is 2.57. The van der Waals surface area contributed by atoms with Crippen LogP contribution in [0.5, 0.6) is 5.75 Å². The maximum absolute atomic E-state index is 12.3. The Labute approximate surface area is 129 Å². The molecule has 0 radical (unpaired) electrons. The summed E-state index contributed by atoms with van der Waals surface area (Å²) in [5.41, 5.74) is 2.14. The highest BCUT2D eigenvalue weighted by Crippen LogP contribution is 2.58. The van der Waals surface area contributed by atoms with E-state index in [1.54, 1.807) is 19.9 Å². The van der Waals surface area contributed by atoms with Crippen LogP contribution in [0.4, 0.5) is 5.69 Å². The molecule has 5 heteroatoms. The number of fused-ring (bicyclic) bond motifs is 1. The molecule has 118 valence electrons. The fourth-order valence-electron chi connectivity index (χ4n) is 3.67. The van der Waals surface area contributed by atoms with E-state index in [1.807, 2.05) is 6.07 Å². The molecule has 1 aromatic rings. The Morgan fingerprint density at radius 3 is 2.27 bits per heavy atom. The fraction of sp³-hybridized carbons (Fsp3) is 0.529. The minimum Gasteiger partial charge on any atom is -0.506 e. The number of carboxylic acids is 1. The zero-order valence-corrected chi connectivity index (χ0v) is 12.8. The highest BCUT2D eigenvalue weighted by Gasteiger charge is 2.65. The van der Waals surface area contributed by atoms with Gasteiger partial charge in [0.15, 0.2) is 0 Å². The molecule has 3 rings (SSSR count). The smallest absolute Gasteiger partial charge is 0.307 e. The van der Waals surface area contributed by atoms with Crippen LogP contribution in [-0.4, -0.2) is 22.1 Å². The van der Waals surface area contributed by atoms with Crippen molar-refractivity contribution in [3.63, 3.8) is 0 Å². The maximum Gasteiger partial charge on any atom is 0.307 e. The predicted molar refractivity (Wildman–Crippen MR) is 81.8 cm³/mol. The van der Waals surface area contributed by atoms with E-state index < -0.39 is 23.2 Å². The summed E-state index contributed by atoms with van der Waals surface area (Å²) < 4.78 is 0. The Hall–Kier alpha value is -2.04. The SMILES string of the molecule is CC1(C)[C@H](C(=O)O)[C@H]1C(=O)Nc1cc2c(cc1O)CCCC2. The number of rotatable bonds is 3. The van der Waals surface area contributed by atoms with E-state index in [1.165, 1.54) is 0 Å². The average Bonchev–Trinajstić information content (AvgIpc) is 3.03. The first-order chi connectivity index (χ1) is 10.3. The van der Waals surface area contributed by atoms with E-state index in [0.717, 1.165) is 36.8 Å². The first-order valence-electron chi connectivity index (χ1n) is 7.71. The zero-order chi connectivity index (χ0) is 16.1. The Morgan fingerprint density at radius 1 is 1.14 bits per heavy atom. The van der Waals surface area contributed by atoms with Crippen LogP contribution < -0.4 is 5.32 Å². The molecule has 2 aliphatic rings. The van der Waals surface area contributed by atoms with Crippen LogP contribution in [0.2, 0.25) is 0 Å². The van der Waals surface area contributed by atoms with Gasteiger partial charge in [-0.15, -0.1) is 0 Å². The minimum atomic E-state index is -0.945. The Morgan fingerprint density at radius 2 is 1.73 bits per heavy atom. The summed E-state index contributed by atoms with van der Waals surface area (Å²) in [4.78, 5) is 23.5. The van der Waals surface area contributed by atoms with Gasteiger partial charge in [0, 0.05) is 0 Å². The van der Waals surface area contributed by atoms with Crippen LogP contribution in [-0.2, 0) is 22.4 Å². The van der Waals surface area contributed by atoms with E-state index >= 15 is 0 Å². The number of phenols is 1. The molecule has 0 aliphatic heterocycles. The lowest BCUT2D eigenvalue weighted by Crippen LogP contribution is -2.18. The molecule has 0 unspecified atom stereocenters. The van der Waals surface area contributed by atoms with Gasteiger partial charge in [0.2, 0.25) is 5.91 Å². The number of hydrogen-bond donors (Lipinski definition) is 3. The van der Waals surface area contributed by atoms with E-state index in [2.05, 4.69) is 5.32 Å². The molecule has 0 heterocycles. The summed E-state index contributed by atoms with van der Waals surface area (Å²) in [6.07, 6.45) is 4.13. The van der Waals surface area contributed by atoms with Crippen molar-refractivity contribution in [3.05, 3.63) is 23.3 Å². The number of nitrogens with one attached hydrogen (secondary N) is 1. The Balaban J connectivity index is 1.79. The molecule has 5 nitrogen and oxygen atoms in total. The molecular formula is C17H21NO4. The number of aliphatic carboxylic acids is 1. The summed E-state index contributed by atoms with van der Waals surface area (Å²) in [7, 11) is 0. The molecule has 1 aromatic carbocycles. The molecular weight excluding hydrogens is 282 g/mol. The average molecular weight is 303 g/mol. The van der Waals surface area contributed by atoms with Crippen molar-refractivity contribution in [2.45, 2.75) is 39.5 Å². The molecule has 1 amide bonds. The van der Waals surface area contributed by atoms with Crippen LogP contribution in [0, 0.1) is 17.3 Å². The molecule has 0 spiro atoms. The third kappa shape index (κ3) is 2.34. The van der Waals surface area contributed by atoms with Crippen molar-refractivity contribution in [1.29, 1.82) is 0 Å². The van der Waals surface area contributed by atoms with Gasteiger partial charge >= 0.3 is 5.97 Å². The molecule has 0 saturated heterocycles. The van der Waals surface area contributed by atoms with E-state index in [9.17, 15) is 14.7 Å². The first kappa shape index (κ1) is 14.9. The monoisotopic (exact) mass is 303 g/mol. The van der Waals surface area contributed by atoms with E-state index in [-0.39, 0.29) is 11.7 Å². The van der Waals surface area contributed by atoms with Gasteiger partial charge in [-0.3, -0.25) is 9.59 Å². The molecule has 2 atom stereocenters. The van der Waals surface area contributed by atoms with Gasteiger partial charge in [0.1, 0.15) is 5.75 Å². The van der Waals surface area contributed by atoms with Gasteiger partial charge in [-0.25, -0.2) is 0 Å². The summed E-state index contributed by atoms with van der Waals surface area (Å²) in [6.45, 7) is 3.56. The standard InChI is InChI=1S/C17H21NO4/c1-17(2)13(14(17)16(21)22)15(20)18-11-7-9-5-3-4-6-10(9)8-12(11)19/h7-8,13-14,19H,3-6H2,1-2H3,(H,18,20)(H,21,22)/t13-,14-/m0/s1. The number of carbonyl (C=O) groups excluding carboxylic acids is 1. The van der Waals surface area contributed by atoms with Gasteiger partial charge in [0.05, 0.1) is 17.5 Å². The molecule has 3 N–H and O–H groups in total. The number of carbonyl (C=O) groups is 2. The Bertz CT molecular complexity index is 650. The number of hydrogen-bond acceptors (Lipinski definition) is 3. The van der Waals surface area contributed by atoms with Gasteiger partial charge in [-0.05, 0) is 54.4 Å².